The van der Waals surface area contributed by atoms with Crippen LogP contribution in [-0.2, 0) is 23.2 Å². The summed E-state index contributed by atoms with van der Waals surface area (Å²) in [6.45, 7) is 0.587. The number of aromatic nitrogens is 4. The Bertz CT molecular complexity index is 1290. The van der Waals surface area contributed by atoms with Crippen molar-refractivity contribution >= 4 is 21.0 Å². The molecule has 182 valence electrons. The van der Waals surface area contributed by atoms with Crippen LogP contribution in [0, 0.1) is 16.5 Å². The van der Waals surface area contributed by atoms with Gasteiger partial charge >= 0.3 is 6.18 Å². The highest BCUT2D eigenvalue weighted by Crippen LogP contribution is 2.39. The van der Waals surface area contributed by atoms with Crippen LogP contribution in [0.3, 0.4) is 0 Å². The number of benzene rings is 1. The molecule has 0 atom stereocenters. The van der Waals surface area contributed by atoms with Gasteiger partial charge in [0, 0.05) is 18.4 Å². The predicted octanol–water partition coefficient (Wildman–Crippen LogP) is 1.10. The third-order valence-electron chi connectivity index (χ3n) is 5.85. The first-order valence-corrected chi connectivity index (χ1v) is 12.9. The van der Waals surface area contributed by atoms with E-state index in [4.69, 9.17) is 4.74 Å². The summed E-state index contributed by atoms with van der Waals surface area (Å²) in [7, 11) is -0.852. The molecule has 0 saturated carbocycles. The third-order valence-corrected chi connectivity index (χ3v) is 9.06. The summed E-state index contributed by atoms with van der Waals surface area (Å²) in [4.78, 5) is 4.16. The lowest BCUT2D eigenvalue weighted by atomic mass is 10.1. The summed E-state index contributed by atoms with van der Waals surface area (Å²) in [5, 5.41) is 28.5. The second-order valence-corrected chi connectivity index (χ2v) is 11.7. The molecule has 2 aromatic heterocycles. The number of hydrogen-bond donors (Lipinski definition) is 2. The molecule has 1 aliphatic rings. The van der Waals surface area contributed by atoms with Crippen molar-refractivity contribution in [2.45, 2.75) is 12.6 Å². The number of nitriles is 1. The summed E-state index contributed by atoms with van der Waals surface area (Å²) in [6, 6.07) is 7.03. The molecule has 34 heavy (non-hydrogen) atoms. The number of hydrogen-bond acceptors (Lipinski definition) is 7. The lowest BCUT2D eigenvalue weighted by Gasteiger charge is -2.34. The molecule has 0 radical (unpaired) electrons. The zero-order chi connectivity index (χ0) is 24.5. The van der Waals surface area contributed by atoms with E-state index >= 15 is 0 Å². The van der Waals surface area contributed by atoms with E-state index in [1.165, 1.54) is 22.9 Å². The van der Waals surface area contributed by atoms with Crippen LogP contribution in [0.15, 0.2) is 24.3 Å². The Labute approximate surface area is 194 Å². The van der Waals surface area contributed by atoms with Crippen LogP contribution in [0.1, 0.15) is 17.7 Å². The van der Waals surface area contributed by atoms with Crippen LogP contribution in [0.25, 0.3) is 22.3 Å². The molecule has 3 aromatic rings. The molecular formula is C21H23F3N6O3S. The molecule has 1 N–H and O–H groups in total. The molecule has 1 aliphatic heterocycles. The van der Waals surface area contributed by atoms with Crippen LogP contribution in [0.5, 0.6) is 5.75 Å². The highest BCUT2D eigenvalue weighted by molar-refractivity contribution is 8.03. The summed E-state index contributed by atoms with van der Waals surface area (Å²) in [5.41, 5.74) is 0.0741. The van der Waals surface area contributed by atoms with Gasteiger partial charge in [0.1, 0.15) is 17.3 Å². The molecule has 1 saturated heterocycles. The number of alkyl halides is 3. The summed E-state index contributed by atoms with van der Waals surface area (Å²) in [6.07, 6.45) is -4.35. The Morgan fingerprint density at radius 1 is 1.29 bits per heavy atom. The summed E-state index contributed by atoms with van der Waals surface area (Å²) >= 11 is 0. The summed E-state index contributed by atoms with van der Waals surface area (Å²) < 4.78 is 61.0. The number of thiol groups is 1. The molecule has 0 bridgehead atoms. The van der Waals surface area contributed by atoms with Crippen molar-refractivity contribution in [2.24, 2.45) is 7.05 Å². The minimum Gasteiger partial charge on any atom is -0.634 e. The molecule has 3 heterocycles. The first kappa shape index (κ1) is 24.1. The Balaban J connectivity index is 1.54. The minimum absolute atomic E-state index is 0.0240. The zero-order valence-corrected chi connectivity index (χ0v) is 19.2. The SMILES string of the molecule is Cn1nnc2c(C#N)nc(-c3ccc(OCCC[SH]4(=O)CC[NH+]([O-])CC4)c(C(F)(F)F)c3)cc21. The molecule has 1 fully saturated rings. The lowest BCUT2D eigenvalue weighted by molar-refractivity contribution is -0.844. The smallest absolute Gasteiger partial charge is 0.419 e. The van der Waals surface area contributed by atoms with Crippen LogP contribution in [-0.4, -0.2) is 61.1 Å². The Kier molecular flexibility index (Phi) is 6.57. The van der Waals surface area contributed by atoms with Crippen LogP contribution < -0.4 is 9.80 Å². The van der Waals surface area contributed by atoms with E-state index in [1.807, 2.05) is 6.07 Å². The molecule has 13 heteroatoms. The van der Waals surface area contributed by atoms with Gasteiger partial charge in [-0.05, 0) is 30.7 Å². The van der Waals surface area contributed by atoms with Gasteiger partial charge in [0.25, 0.3) is 0 Å². The van der Waals surface area contributed by atoms with E-state index in [0.29, 0.717) is 42.3 Å². The molecule has 1 aromatic carbocycles. The molecule has 9 nitrogen and oxygen atoms in total. The van der Waals surface area contributed by atoms with Crippen molar-refractivity contribution < 1.29 is 27.2 Å². The quantitative estimate of drug-likeness (QED) is 0.298. The highest BCUT2D eigenvalue weighted by Gasteiger charge is 2.35. The molecule has 0 aliphatic carbocycles. The number of aryl methyl sites for hydroxylation is 1. The van der Waals surface area contributed by atoms with Crippen LogP contribution >= 0.6 is 0 Å². The van der Waals surface area contributed by atoms with Crippen molar-refractivity contribution in [3.05, 3.63) is 40.7 Å². The fraction of sp³-hybridized carbons (Fsp3) is 0.429. The van der Waals surface area contributed by atoms with E-state index in [9.17, 15) is 27.8 Å². The number of nitrogens with one attached hydrogen (secondary N) is 1. The van der Waals surface area contributed by atoms with Crippen molar-refractivity contribution in [3.63, 3.8) is 0 Å². The van der Waals surface area contributed by atoms with E-state index < -0.39 is 21.7 Å². The zero-order valence-electron chi connectivity index (χ0n) is 18.3. The molecular weight excluding hydrogens is 473 g/mol. The van der Waals surface area contributed by atoms with Gasteiger partial charge < -0.3 is 15.0 Å². The average Bonchev–Trinajstić information content (AvgIpc) is 3.18. The van der Waals surface area contributed by atoms with Crippen LogP contribution in [0.4, 0.5) is 13.2 Å². The Morgan fingerprint density at radius 3 is 2.71 bits per heavy atom. The third kappa shape index (κ3) is 5.03. The maximum atomic E-state index is 13.8. The largest absolute Gasteiger partial charge is 0.634 e. The number of quaternary nitrogens is 1. The topological polar surface area (TPSA) is 121 Å². The van der Waals surface area contributed by atoms with Crippen molar-refractivity contribution in [2.75, 3.05) is 37.0 Å². The predicted molar refractivity (Wildman–Crippen MR) is 120 cm³/mol. The first-order chi connectivity index (χ1) is 16.1. The fourth-order valence-electron chi connectivity index (χ4n) is 3.94. The highest BCUT2D eigenvalue weighted by atomic mass is 32.2. The molecule has 4 rings (SSSR count). The standard InChI is InChI=1S/C21H23F3N6O3S/c1-29-18-12-16(26-17(13-25)20(18)27-28-29)14-3-4-19(15(11-14)21(22,23)24)33-7-2-8-34(32)9-5-30(31)6-10-34/h3-4,11-12,30,34H,2,5-10H2,1H3. The number of fused-ring (bicyclic) bond motifs is 1. The lowest BCUT2D eigenvalue weighted by Crippen LogP contribution is -3.10. The van der Waals surface area contributed by atoms with Gasteiger partial charge in [-0.15, -0.1) is 5.10 Å². The average molecular weight is 497 g/mol. The van der Waals surface area contributed by atoms with E-state index in [1.54, 1.807) is 7.05 Å². The minimum atomic E-state index is -4.68. The normalized spacial score (nSPS) is 19.0. The van der Waals surface area contributed by atoms with E-state index in [0.717, 1.165) is 6.07 Å². The van der Waals surface area contributed by atoms with Gasteiger partial charge in [-0.1, -0.05) is 15.1 Å². The number of nitrogens with zero attached hydrogens (tertiary/aromatic N) is 5. The Morgan fingerprint density at radius 2 is 2.03 bits per heavy atom. The van der Waals surface area contributed by atoms with Crippen molar-refractivity contribution in [1.82, 2.24) is 20.0 Å². The number of rotatable bonds is 6. The van der Waals surface area contributed by atoms with Gasteiger partial charge in [-0.3, -0.25) is 4.21 Å². The monoisotopic (exact) mass is 496 g/mol. The second kappa shape index (κ2) is 9.28. The van der Waals surface area contributed by atoms with E-state index in [-0.39, 0.29) is 39.9 Å². The molecule has 0 spiro atoms. The maximum Gasteiger partial charge on any atom is 0.419 e. The number of pyridine rings is 1. The van der Waals surface area contributed by atoms with Gasteiger partial charge in [0.15, 0.2) is 5.69 Å². The van der Waals surface area contributed by atoms with Crippen LogP contribution in [0.2, 0.25) is 0 Å². The van der Waals surface area contributed by atoms with Crippen molar-refractivity contribution in [1.29, 1.82) is 5.26 Å². The molecule has 0 amide bonds. The number of ether oxygens (including phenoxy) is 1. The van der Waals surface area contributed by atoms with E-state index in [2.05, 4.69) is 15.3 Å². The number of halogens is 3. The first-order valence-electron chi connectivity index (χ1n) is 10.6. The number of hydroxylamine groups is 2. The van der Waals surface area contributed by atoms with Crippen molar-refractivity contribution in [3.8, 4) is 23.1 Å². The van der Waals surface area contributed by atoms with Gasteiger partial charge in [0.2, 0.25) is 0 Å². The Hall–Kier alpha value is -3.08. The van der Waals surface area contributed by atoms with Gasteiger partial charge in [0.05, 0.1) is 48.0 Å². The summed E-state index contributed by atoms with van der Waals surface area (Å²) in [5.74, 6) is 0.738. The van der Waals surface area contributed by atoms with Gasteiger partial charge in [-0.25, -0.2) is 9.67 Å². The maximum absolute atomic E-state index is 13.8. The molecule has 0 unspecified atom stereocenters. The second-order valence-electron chi connectivity index (χ2n) is 8.23. The fourth-order valence-corrected chi connectivity index (χ4v) is 6.63. The van der Waals surface area contributed by atoms with Gasteiger partial charge in [-0.2, -0.15) is 18.4 Å².